The van der Waals surface area contributed by atoms with Crippen LogP contribution in [0.5, 0.6) is 0 Å². The molecule has 2 aromatic rings. The summed E-state index contributed by atoms with van der Waals surface area (Å²) in [6.45, 7) is 3.48. The molecule has 2 aliphatic heterocycles. The van der Waals surface area contributed by atoms with Crippen molar-refractivity contribution in [3.05, 3.63) is 35.6 Å². The van der Waals surface area contributed by atoms with Gasteiger partial charge in [0, 0.05) is 37.3 Å². The van der Waals surface area contributed by atoms with E-state index < -0.39 is 0 Å². The summed E-state index contributed by atoms with van der Waals surface area (Å²) in [5, 5.41) is 7.45. The number of aryl methyl sites for hydroxylation is 1. The van der Waals surface area contributed by atoms with E-state index in [0.29, 0.717) is 36.0 Å². The Bertz CT molecular complexity index is 819. The van der Waals surface area contributed by atoms with Crippen LogP contribution in [0.4, 0.5) is 5.82 Å². The van der Waals surface area contributed by atoms with Gasteiger partial charge in [-0.25, -0.2) is 9.97 Å². The minimum Gasteiger partial charge on any atom is -0.367 e. The van der Waals surface area contributed by atoms with Crippen molar-refractivity contribution < 1.29 is 9.32 Å². The zero-order valence-corrected chi connectivity index (χ0v) is 14.9. The Morgan fingerprint density at radius 1 is 1.35 bits per heavy atom. The molecular weight excluding hydrogens is 330 g/mol. The number of nitrogens with zero attached hydrogens (tertiary/aromatic N) is 4. The smallest absolute Gasteiger partial charge is 0.230 e. The van der Waals surface area contributed by atoms with E-state index in [1.807, 2.05) is 30.2 Å². The van der Waals surface area contributed by atoms with Crippen molar-refractivity contribution in [3.8, 4) is 0 Å². The molecule has 2 aromatic heterocycles. The van der Waals surface area contributed by atoms with E-state index in [0.717, 1.165) is 30.4 Å². The molecular formula is C19H23N5O2. The van der Waals surface area contributed by atoms with Crippen LogP contribution in [0.1, 0.15) is 42.5 Å². The summed E-state index contributed by atoms with van der Waals surface area (Å²) in [5.41, 5.74) is 0.814. The Labute approximate surface area is 152 Å². The number of fused-ring (bicyclic) bond motifs is 2. The summed E-state index contributed by atoms with van der Waals surface area (Å²) in [4.78, 5) is 23.6. The minimum atomic E-state index is 0.132. The maximum atomic E-state index is 12.5. The molecule has 2 atom stereocenters. The lowest BCUT2D eigenvalue weighted by molar-refractivity contribution is -0.137. The van der Waals surface area contributed by atoms with Gasteiger partial charge in [-0.3, -0.25) is 4.79 Å². The van der Waals surface area contributed by atoms with Crippen LogP contribution in [0.25, 0.3) is 0 Å². The second-order valence-corrected chi connectivity index (χ2v) is 7.91. The number of carbonyl (C=O) groups is 1. The van der Waals surface area contributed by atoms with Gasteiger partial charge in [0.25, 0.3) is 0 Å². The molecule has 0 spiro atoms. The van der Waals surface area contributed by atoms with Crippen molar-refractivity contribution in [2.75, 3.05) is 18.4 Å². The van der Waals surface area contributed by atoms with Crippen molar-refractivity contribution in [2.45, 2.75) is 44.6 Å². The Hall–Kier alpha value is -2.44. The molecule has 2 unspecified atom stereocenters. The third-order valence-electron chi connectivity index (χ3n) is 5.82. The van der Waals surface area contributed by atoms with Crippen LogP contribution in [0.2, 0.25) is 0 Å². The molecule has 2 saturated heterocycles. The van der Waals surface area contributed by atoms with Crippen LogP contribution < -0.4 is 5.32 Å². The van der Waals surface area contributed by atoms with Gasteiger partial charge >= 0.3 is 0 Å². The van der Waals surface area contributed by atoms with Crippen LogP contribution in [-0.2, 0) is 11.2 Å². The van der Waals surface area contributed by atoms with Gasteiger partial charge in [-0.2, -0.15) is 0 Å². The van der Waals surface area contributed by atoms with Crippen LogP contribution in [0.15, 0.2) is 22.9 Å². The highest BCUT2D eigenvalue weighted by atomic mass is 16.5. The highest BCUT2D eigenvalue weighted by Crippen LogP contribution is 2.42. The summed E-state index contributed by atoms with van der Waals surface area (Å²) < 4.78 is 5.18. The molecule has 2 aliphatic carbocycles. The third kappa shape index (κ3) is 2.95. The van der Waals surface area contributed by atoms with Gasteiger partial charge in [0.2, 0.25) is 5.91 Å². The van der Waals surface area contributed by atoms with Gasteiger partial charge in [0.05, 0.1) is 12.1 Å². The predicted molar refractivity (Wildman–Crippen MR) is 94.5 cm³/mol. The maximum Gasteiger partial charge on any atom is 0.230 e. The van der Waals surface area contributed by atoms with Gasteiger partial charge < -0.3 is 14.7 Å². The largest absolute Gasteiger partial charge is 0.367 e. The first-order valence-corrected chi connectivity index (χ1v) is 9.45. The number of hydrogen-bond donors (Lipinski definition) is 1. The second-order valence-electron chi connectivity index (χ2n) is 7.91. The Kier molecular flexibility index (Phi) is 3.69. The van der Waals surface area contributed by atoms with Crippen LogP contribution in [-0.4, -0.2) is 45.1 Å². The van der Waals surface area contributed by atoms with E-state index in [4.69, 9.17) is 4.52 Å². The summed E-state index contributed by atoms with van der Waals surface area (Å²) >= 11 is 0. The monoisotopic (exact) mass is 353 g/mol. The fourth-order valence-electron chi connectivity index (χ4n) is 4.25. The van der Waals surface area contributed by atoms with E-state index in [-0.39, 0.29) is 5.91 Å². The lowest BCUT2D eigenvalue weighted by Crippen LogP contribution is -2.62. The van der Waals surface area contributed by atoms with E-state index in [1.54, 1.807) is 0 Å². The lowest BCUT2D eigenvalue weighted by atomic mass is 9.66. The molecule has 1 amide bonds. The van der Waals surface area contributed by atoms with Crippen molar-refractivity contribution in [3.63, 3.8) is 0 Å². The molecule has 136 valence electrons. The van der Waals surface area contributed by atoms with E-state index in [2.05, 4.69) is 20.4 Å². The van der Waals surface area contributed by atoms with Gasteiger partial charge in [-0.05, 0) is 44.1 Å². The zero-order chi connectivity index (χ0) is 17.7. The van der Waals surface area contributed by atoms with E-state index in [1.165, 1.54) is 19.3 Å². The standard InChI is InChI=1S/C19H23N5O2/c1-11-6-15(26-23-11)8-17(25)24-9-13-7-14(10-24)18(13)21-16-4-5-20-19(22-16)12-2-3-12/h4-6,12-14,18H,2-3,7-10H2,1H3,(H,20,21,22). The van der Waals surface area contributed by atoms with Crippen LogP contribution in [0.3, 0.4) is 0 Å². The number of amides is 1. The van der Waals surface area contributed by atoms with Crippen molar-refractivity contribution in [2.24, 2.45) is 11.8 Å². The van der Waals surface area contributed by atoms with E-state index >= 15 is 0 Å². The molecule has 4 heterocycles. The topological polar surface area (TPSA) is 84.2 Å². The highest BCUT2D eigenvalue weighted by Gasteiger charge is 2.48. The predicted octanol–water partition coefficient (Wildman–Crippen LogP) is 2.15. The number of rotatable bonds is 5. The van der Waals surface area contributed by atoms with Gasteiger partial charge in [0.15, 0.2) is 0 Å². The first-order chi connectivity index (χ1) is 12.7. The average Bonchev–Trinajstić information content (AvgIpc) is 3.43. The number of hydrogen-bond acceptors (Lipinski definition) is 6. The molecule has 1 N–H and O–H groups in total. The third-order valence-corrected chi connectivity index (χ3v) is 5.82. The molecule has 2 saturated carbocycles. The summed E-state index contributed by atoms with van der Waals surface area (Å²) in [7, 11) is 0. The molecule has 0 radical (unpaired) electrons. The molecule has 2 bridgehead atoms. The van der Waals surface area contributed by atoms with Crippen molar-refractivity contribution in [1.29, 1.82) is 0 Å². The summed E-state index contributed by atoms with van der Waals surface area (Å²) in [6.07, 6.45) is 5.75. The van der Waals surface area contributed by atoms with Crippen LogP contribution >= 0.6 is 0 Å². The number of anilines is 1. The molecule has 26 heavy (non-hydrogen) atoms. The number of aromatic nitrogens is 3. The minimum absolute atomic E-state index is 0.132. The van der Waals surface area contributed by atoms with Crippen LogP contribution in [0, 0.1) is 18.8 Å². The molecule has 6 rings (SSSR count). The maximum absolute atomic E-state index is 12.5. The molecule has 7 nitrogen and oxygen atoms in total. The quantitative estimate of drug-likeness (QED) is 0.887. The first kappa shape index (κ1) is 15.8. The second kappa shape index (κ2) is 6.07. The molecule has 4 aliphatic rings. The average molecular weight is 353 g/mol. The van der Waals surface area contributed by atoms with Gasteiger partial charge in [-0.15, -0.1) is 0 Å². The number of nitrogens with one attached hydrogen (secondary N) is 1. The lowest BCUT2D eigenvalue weighted by Gasteiger charge is -2.53. The molecule has 0 aromatic carbocycles. The van der Waals surface area contributed by atoms with Gasteiger partial charge in [0.1, 0.15) is 17.4 Å². The fraction of sp³-hybridized carbons (Fsp3) is 0.579. The Morgan fingerprint density at radius 2 is 2.15 bits per heavy atom. The van der Waals surface area contributed by atoms with Crippen molar-refractivity contribution >= 4 is 11.7 Å². The summed E-state index contributed by atoms with van der Waals surface area (Å²) in [6, 6.07) is 4.20. The first-order valence-electron chi connectivity index (χ1n) is 9.45. The fourth-order valence-corrected chi connectivity index (χ4v) is 4.25. The summed E-state index contributed by atoms with van der Waals surface area (Å²) in [5.74, 6) is 4.23. The number of carbonyl (C=O) groups excluding carboxylic acids is 1. The Morgan fingerprint density at radius 3 is 2.85 bits per heavy atom. The van der Waals surface area contributed by atoms with Gasteiger partial charge in [-0.1, -0.05) is 5.16 Å². The molecule has 7 heteroatoms. The Balaban J connectivity index is 1.19. The molecule has 4 fully saturated rings. The highest BCUT2D eigenvalue weighted by molar-refractivity contribution is 5.78. The van der Waals surface area contributed by atoms with Crippen molar-refractivity contribution in [1.82, 2.24) is 20.0 Å². The zero-order valence-electron chi connectivity index (χ0n) is 14.9. The normalized spacial score (nSPS) is 27.1. The SMILES string of the molecule is Cc1cc(CC(=O)N2CC3CC(C2)C3Nc2ccnc(C3CC3)n2)on1. The number of piperidine rings is 2. The van der Waals surface area contributed by atoms with E-state index in [9.17, 15) is 4.79 Å².